The number of rotatable bonds is 5. The van der Waals surface area contributed by atoms with Crippen molar-refractivity contribution in [1.82, 2.24) is 0 Å². The highest BCUT2D eigenvalue weighted by Crippen LogP contribution is 2.22. The van der Waals surface area contributed by atoms with Crippen LogP contribution in [0.5, 0.6) is 5.75 Å². The van der Waals surface area contributed by atoms with Crippen LogP contribution < -0.4 is 10.1 Å². The average molecular weight is 349 g/mol. The quantitative estimate of drug-likeness (QED) is 0.676. The minimum atomic E-state index is -0.264. The molecule has 3 rings (SSSR count). The van der Waals surface area contributed by atoms with Crippen molar-refractivity contribution < 1.29 is 13.9 Å². The Morgan fingerprint density at radius 3 is 2.35 bits per heavy atom. The zero-order valence-corrected chi connectivity index (χ0v) is 15.6. The molecule has 0 bridgehead atoms. The summed E-state index contributed by atoms with van der Waals surface area (Å²) in [5.41, 5.74) is 5.25. The molecule has 0 radical (unpaired) electrons. The van der Waals surface area contributed by atoms with E-state index in [1.807, 2.05) is 57.2 Å². The number of carbonyl (C=O) groups excluding carboxylic acids is 1. The van der Waals surface area contributed by atoms with E-state index in [2.05, 4.69) is 12.2 Å². The number of carbonyl (C=O) groups is 1. The molecule has 0 unspecified atom stereocenters. The van der Waals surface area contributed by atoms with Crippen LogP contribution in [0.25, 0.3) is 0 Å². The summed E-state index contributed by atoms with van der Waals surface area (Å²) < 4.78 is 11.4. The van der Waals surface area contributed by atoms with E-state index < -0.39 is 0 Å². The predicted octanol–water partition coefficient (Wildman–Crippen LogP) is 5.34. The van der Waals surface area contributed by atoms with Gasteiger partial charge in [-0.15, -0.1) is 0 Å². The number of aryl methyl sites for hydroxylation is 4. The van der Waals surface area contributed by atoms with E-state index >= 15 is 0 Å². The maximum absolute atomic E-state index is 12.4. The number of hydrogen-bond acceptors (Lipinski definition) is 3. The van der Waals surface area contributed by atoms with Gasteiger partial charge in [0.25, 0.3) is 5.91 Å². The predicted molar refractivity (Wildman–Crippen MR) is 103 cm³/mol. The van der Waals surface area contributed by atoms with E-state index in [0.29, 0.717) is 5.76 Å². The number of nitrogens with one attached hydrogen (secondary N) is 1. The molecule has 0 saturated heterocycles. The number of furan rings is 1. The van der Waals surface area contributed by atoms with Crippen molar-refractivity contribution in [2.24, 2.45) is 0 Å². The van der Waals surface area contributed by atoms with E-state index in [1.54, 1.807) is 12.1 Å². The summed E-state index contributed by atoms with van der Waals surface area (Å²) in [5.74, 6) is 1.40. The lowest BCUT2D eigenvalue weighted by Gasteiger charge is -2.10. The summed E-state index contributed by atoms with van der Waals surface area (Å²) in [6.07, 6.45) is 0. The second-order valence-electron chi connectivity index (χ2n) is 6.52. The molecule has 1 aromatic heterocycles. The first-order valence-corrected chi connectivity index (χ1v) is 8.60. The van der Waals surface area contributed by atoms with Gasteiger partial charge in [0.1, 0.15) is 18.1 Å². The van der Waals surface area contributed by atoms with Crippen LogP contribution in [0, 0.1) is 27.7 Å². The summed E-state index contributed by atoms with van der Waals surface area (Å²) in [6, 6.07) is 15.3. The zero-order valence-electron chi connectivity index (χ0n) is 15.6. The lowest BCUT2D eigenvalue weighted by Crippen LogP contribution is -2.13. The maximum Gasteiger partial charge on any atom is 0.291 e. The first kappa shape index (κ1) is 17.8. The van der Waals surface area contributed by atoms with Gasteiger partial charge in [0.15, 0.2) is 5.76 Å². The number of anilines is 1. The molecule has 0 saturated carbocycles. The highest BCUT2D eigenvalue weighted by atomic mass is 16.5. The van der Waals surface area contributed by atoms with Gasteiger partial charge in [-0.3, -0.25) is 4.79 Å². The van der Waals surface area contributed by atoms with Crippen LogP contribution in [-0.2, 0) is 6.61 Å². The molecule has 0 aliphatic carbocycles. The van der Waals surface area contributed by atoms with Crippen LogP contribution in [0.15, 0.2) is 52.9 Å². The molecule has 1 amide bonds. The molecule has 2 aromatic carbocycles. The van der Waals surface area contributed by atoms with Crippen molar-refractivity contribution >= 4 is 11.6 Å². The number of para-hydroxylation sites is 1. The molecule has 26 heavy (non-hydrogen) atoms. The average Bonchev–Trinajstić information content (AvgIpc) is 3.08. The van der Waals surface area contributed by atoms with Gasteiger partial charge in [-0.2, -0.15) is 0 Å². The topological polar surface area (TPSA) is 51.5 Å². The first-order valence-electron chi connectivity index (χ1n) is 8.60. The highest BCUT2D eigenvalue weighted by molar-refractivity contribution is 6.03. The third-order valence-corrected chi connectivity index (χ3v) is 4.46. The monoisotopic (exact) mass is 349 g/mol. The Labute approximate surface area is 153 Å². The highest BCUT2D eigenvalue weighted by Gasteiger charge is 2.14. The van der Waals surface area contributed by atoms with Crippen molar-refractivity contribution in [2.75, 3.05) is 5.32 Å². The van der Waals surface area contributed by atoms with Crippen molar-refractivity contribution in [3.63, 3.8) is 0 Å². The van der Waals surface area contributed by atoms with Crippen LogP contribution in [0.4, 0.5) is 5.69 Å². The molecular formula is C22H23NO3. The molecule has 4 nitrogen and oxygen atoms in total. The fraction of sp³-hybridized carbons (Fsp3) is 0.227. The summed E-state index contributed by atoms with van der Waals surface area (Å²) in [6.45, 7) is 8.32. The van der Waals surface area contributed by atoms with Crippen molar-refractivity contribution in [3.05, 3.63) is 82.3 Å². The van der Waals surface area contributed by atoms with Crippen molar-refractivity contribution in [2.45, 2.75) is 34.3 Å². The minimum absolute atomic E-state index is 0.264. The molecule has 0 aliphatic heterocycles. The van der Waals surface area contributed by atoms with Crippen molar-refractivity contribution in [1.29, 1.82) is 0 Å². The number of ether oxygens (including phenoxy) is 1. The summed E-state index contributed by atoms with van der Waals surface area (Å²) in [5, 5.41) is 2.92. The van der Waals surface area contributed by atoms with Gasteiger partial charge < -0.3 is 14.5 Å². The summed E-state index contributed by atoms with van der Waals surface area (Å²) >= 11 is 0. The molecule has 0 fully saturated rings. The van der Waals surface area contributed by atoms with Gasteiger partial charge in [0.2, 0.25) is 0 Å². The van der Waals surface area contributed by atoms with E-state index in [0.717, 1.165) is 22.6 Å². The summed E-state index contributed by atoms with van der Waals surface area (Å²) in [7, 11) is 0. The van der Waals surface area contributed by atoms with Crippen LogP contribution in [0.1, 0.15) is 38.6 Å². The molecule has 0 spiro atoms. The molecule has 0 aliphatic rings. The Hall–Kier alpha value is -3.01. The molecule has 3 aromatic rings. The second-order valence-corrected chi connectivity index (χ2v) is 6.52. The second kappa shape index (κ2) is 7.48. The Balaban J connectivity index is 1.65. The Morgan fingerprint density at radius 1 is 0.923 bits per heavy atom. The third-order valence-electron chi connectivity index (χ3n) is 4.46. The molecule has 1 N–H and O–H groups in total. The van der Waals surface area contributed by atoms with Crippen LogP contribution in [0.3, 0.4) is 0 Å². The molecule has 1 heterocycles. The molecule has 0 atom stereocenters. The normalized spacial score (nSPS) is 10.6. The summed E-state index contributed by atoms with van der Waals surface area (Å²) in [4.78, 5) is 12.4. The SMILES string of the molecule is Cc1ccc(OCc2ccc(C(=O)Nc3c(C)cccc3C)o2)cc1C. The molecule has 4 heteroatoms. The minimum Gasteiger partial charge on any atom is -0.486 e. The smallest absolute Gasteiger partial charge is 0.291 e. The number of benzene rings is 2. The first-order chi connectivity index (χ1) is 12.4. The van der Waals surface area contributed by atoms with E-state index in [-0.39, 0.29) is 18.3 Å². The fourth-order valence-corrected chi connectivity index (χ4v) is 2.72. The van der Waals surface area contributed by atoms with Gasteiger partial charge in [0.05, 0.1) is 0 Å². The number of amides is 1. The van der Waals surface area contributed by atoms with E-state index in [1.165, 1.54) is 11.1 Å². The van der Waals surface area contributed by atoms with Gasteiger partial charge in [-0.1, -0.05) is 24.3 Å². The zero-order chi connectivity index (χ0) is 18.7. The third kappa shape index (κ3) is 3.97. The molecular weight excluding hydrogens is 326 g/mol. The number of hydrogen-bond donors (Lipinski definition) is 1. The van der Waals surface area contributed by atoms with Gasteiger partial charge in [-0.25, -0.2) is 0 Å². The maximum atomic E-state index is 12.4. The van der Waals surface area contributed by atoms with E-state index in [4.69, 9.17) is 9.15 Å². The van der Waals surface area contributed by atoms with Gasteiger partial charge in [-0.05, 0) is 74.2 Å². The van der Waals surface area contributed by atoms with E-state index in [9.17, 15) is 4.79 Å². The molecule has 134 valence electrons. The van der Waals surface area contributed by atoms with Crippen LogP contribution in [0.2, 0.25) is 0 Å². The lowest BCUT2D eigenvalue weighted by molar-refractivity contribution is 0.0992. The standard InChI is InChI=1S/C22H23NO3/c1-14-8-9-18(12-17(14)4)25-13-19-10-11-20(26-19)22(24)23-21-15(2)6-5-7-16(21)3/h5-12H,13H2,1-4H3,(H,23,24). The van der Waals surface area contributed by atoms with Gasteiger partial charge >= 0.3 is 0 Å². The Kier molecular flexibility index (Phi) is 5.12. The van der Waals surface area contributed by atoms with Crippen molar-refractivity contribution in [3.8, 4) is 5.75 Å². The fourth-order valence-electron chi connectivity index (χ4n) is 2.72. The lowest BCUT2D eigenvalue weighted by atomic mass is 10.1. The van der Waals surface area contributed by atoms with Gasteiger partial charge in [0, 0.05) is 5.69 Å². The Bertz CT molecular complexity index is 920. The largest absolute Gasteiger partial charge is 0.486 e. The van der Waals surface area contributed by atoms with Crippen LogP contribution in [-0.4, -0.2) is 5.91 Å². The Morgan fingerprint density at radius 2 is 1.65 bits per heavy atom. The van der Waals surface area contributed by atoms with Crippen LogP contribution >= 0.6 is 0 Å².